The summed E-state index contributed by atoms with van der Waals surface area (Å²) in [5.41, 5.74) is 0.163. The van der Waals surface area contributed by atoms with E-state index in [9.17, 15) is 23.7 Å². The molecule has 0 aliphatic rings. The van der Waals surface area contributed by atoms with Crippen molar-refractivity contribution >= 4 is 49.9 Å². The minimum atomic E-state index is -0.732. The van der Waals surface area contributed by atoms with Gasteiger partial charge in [-0.3, -0.25) is 14.9 Å². The SMILES string of the molecule is Cn1c(=NC(=O)/C=C\c2ccc([N+](=O)[O-])s2)sc2cc(F)cc(F)c21. The highest BCUT2D eigenvalue weighted by atomic mass is 32.1. The fourth-order valence-corrected chi connectivity index (χ4v) is 3.91. The van der Waals surface area contributed by atoms with Crippen molar-refractivity contribution in [2.45, 2.75) is 0 Å². The second-order valence-electron chi connectivity index (χ2n) is 4.89. The predicted octanol–water partition coefficient (Wildman–Crippen LogP) is 3.63. The highest BCUT2D eigenvalue weighted by molar-refractivity contribution is 7.16. The number of hydrogen-bond acceptors (Lipinski definition) is 5. The number of carbonyl (C=O) groups is 1. The van der Waals surface area contributed by atoms with Gasteiger partial charge in [0.15, 0.2) is 10.6 Å². The summed E-state index contributed by atoms with van der Waals surface area (Å²) in [5.74, 6) is -2.05. The first-order chi connectivity index (χ1) is 11.8. The number of aromatic nitrogens is 1. The van der Waals surface area contributed by atoms with E-state index in [4.69, 9.17) is 0 Å². The smallest absolute Gasteiger partial charge is 0.317 e. The van der Waals surface area contributed by atoms with E-state index in [1.165, 1.54) is 35.9 Å². The topological polar surface area (TPSA) is 77.5 Å². The average Bonchev–Trinajstić information content (AvgIpc) is 3.11. The van der Waals surface area contributed by atoms with E-state index in [0.29, 0.717) is 9.58 Å². The third-order valence-electron chi connectivity index (χ3n) is 3.21. The lowest BCUT2D eigenvalue weighted by atomic mass is 10.3. The normalized spacial score (nSPS) is 12.4. The zero-order valence-electron chi connectivity index (χ0n) is 12.6. The fourth-order valence-electron chi connectivity index (χ4n) is 2.12. The van der Waals surface area contributed by atoms with Crippen LogP contribution in [-0.4, -0.2) is 15.4 Å². The first-order valence-corrected chi connectivity index (χ1v) is 8.44. The van der Waals surface area contributed by atoms with Gasteiger partial charge in [0.25, 0.3) is 5.91 Å². The van der Waals surface area contributed by atoms with Gasteiger partial charge in [-0.2, -0.15) is 4.99 Å². The van der Waals surface area contributed by atoms with Gasteiger partial charge in [0, 0.05) is 30.1 Å². The molecule has 25 heavy (non-hydrogen) atoms. The molecule has 0 aliphatic heterocycles. The molecule has 0 unspecified atom stereocenters. The maximum atomic E-state index is 13.8. The van der Waals surface area contributed by atoms with E-state index >= 15 is 0 Å². The van der Waals surface area contributed by atoms with Crippen molar-refractivity contribution in [1.82, 2.24) is 4.57 Å². The molecular formula is C15H9F2N3O3S2. The van der Waals surface area contributed by atoms with Gasteiger partial charge in [0.2, 0.25) is 0 Å². The molecule has 1 amide bonds. The molecule has 10 heteroatoms. The molecule has 0 atom stereocenters. The molecule has 2 heterocycles. The molecule has 0 fully saturated rings. The number of fused-ring (bicyclic) bond motifs is 1. The molecule has 0 saturated carbocycles. The van der Waals surface area contributed by atoms with Gasteiger partial charge in [-0.05, 0) is 18.2 Å². The van der Waals surface area contributed by atoms with Crippen molar-refractivity contribution in [3.8, 4) is 0 Å². The quantitative estimate of drug-likeness (QED) is 0.395. The number of amides is 1. The van der Waals surface area contributed by atoms with Crippen molar-refractivity contribution in [1.29, 1.82) is 0 Å². The van der Waals surface area contributed by atoms with Crippen LogP contribution in [-0.2, 0) is 11.8 Å². The monoisotopic (exact) mass is 381 g/mol. The summed E-state index contributed by atoms with van der Waals surface area (Å²) in [6.45, 7) is 0. The van der Waals surface area contributed by atoms with E-state index in [-0.39, 0.29) is 15.3 Å². The highest BCUT2D eigenvalue weighted by Gasteiger charge is 2.11. The minimum absolute atomic E-state index is 0.0301. The Morgan fingerprint density at radius 3 is 2.76 bits per heavy atom. The number of thiazole rings is 1. The fraction of sp³-hybridized carbons (Fsp3) is 0.0667. The van der Waals surface area contributed by atoms with Crippen LogP contribution >= 0.6 is 22.7 Å². The summed E-state index contributed by atoms with van der Waals surface area (Å²) in [6.07, 6.45) is 2.58. The molecule has 0 radical (unpaired) electrons. The van der Waals surface area contributed by atoms with Crippen LogP contribution in [0.4, 0.5) is 13.8 Å². The molecule has 0 bridgehead atoms. The van der Waals surface area contributed by atoms with Crippen molar-refractivity contribution in [2.24, 2.45) is 12.0 Å². The van der Waals surface area contributed by atoms with Crippen LogP contribution in [0.15, 0.2) is 35.3 Å². The number of halogens is 2. The maximum absolute atomic E-state index is 13.8. The molecule has 0 N–H and O–H groups in total. The van der Waals surface area contributed by atoms with Gasteiger partial charge in [-0.1, -0.05) is 22.7 Å². The molecular weight excluding hydrogens is 372 g/mol. The van der Waals surface area contributed by atoms with Gasteiger partial charge in [0.05, 0.1) is 15.1 Å². The third-order valence-corrected chi connectivity index (χ3v) is 5.29. The molecule has 2 aromatic heterocycles. The zero-order valence-corrected chi connectivity index (χ0v) is 14.2. The number of carbonyl (C=O) groups excluding carboxylic acids is 1. The Balaban J connectivity index is 1.92. The van der Waals surface area contributed by atoms with Gasteiger partial charge < -0.3 is 4.57 Å². The van der Waals surface area contributed by atoms with Crippen LogP contribution in [0.1, 0.15) is 4.88 Å². The molecule has 0 aliphatic carbocycles. The van der Waals surface area contributed by atoms with E-state index in [1.54, 1.807) is 0 Å². The third kappa shape index (κ3) is 3.54. The summed E-state index contributed by atoms with van der Waals surface area (Å²) in [6, 6.07) is 4.80. The number of nitrogens with zero attached hydrogens (tertiary/aromatic N) is 3. The molecule has 0 spiro atoms. The molecule has 128 valence electrons. The average molecular weight is 381 g/mol. The number of aryl methyl sites for hydroxylation is 1. The van der Waals surface area contributed by atoms with Crippen LogP contribution in [0.5, 0.6) is 0 Å². The lowest BCUT2D eigenvalue weighted by molar-refractivity contribution is -0.380. The van der Waals surface area contributed by atoms with E-state index in [2.05, 4.69) is 4.99 Å². The van der Waals surface area contributed by atoms with Crippen LogP contribution < -0.4 is 4.80 Å². The Bertz CT molecular complexity index is 1100. The summed E-state index contributed by atoms with van der Waals surface area (Å²) in [7, 11) is 1.53. The van der Waals surface area contributed by atoms with Gasteiger partial charge >= 0.3 is 5.00 Å². The lowest BCUT2D eigenvalue weighted by Crippen LogP contribution is -2.12. The predicted molar refractivity (Wildman–Crippen MR) is 91.3 cm³/mol. The van der Waals surface area contributed by atoms with E-state index in [1.807, 2.05) is 0 Å². The second-order valence-corrected chi connectivity index (χ2v) is 7.00. The Morgan fingerprint density at radius 2 is 2.08 bits per heavy atom. The second kappa shape index (κ2) is 6.65. The van der Waals surface area contributed by atoms with Crippen LogP contribution in [0.2, 0.25) is 0 Å². The Labute approximate surface area is 147 Å². The molecule has 3 rings (SSSR count). The number of hydrogen-bond donors (Lipinski definition) is 0. The Morgan fingerprint density at radius 1 is 1.32 bits per heavy atom. The van der Waals surface area contributed by atoms with Crippen LogP contribution in [0, 0.1) is 21.7 Å². The van der Waals surface area contributed by atoms with Gasteiger partial charge in [0.1, 0.15) is 5.82 Å². The number of benzene rings is 1. The van der Waals surface area contributed by atoms with Crippen LogP contribution in [0.25, 0.3) is 16.3 Å². The summed E-state index contributed by atoms with van der Waals surface area (Å²) in [4.78, 5) is 26.7. The molecule has 1 aromatic carbocycles. The van der Waals surface area contributed by atoms with Crippen molar-refractivity contribution in [3.63, 3.8) is 0 Å². The number of thiophene rings is 1. The first kappa shape index (κ1) is 17.1. The molecule has 6 nitrogen and oxygen atoms in total. The minimum Gasteiger partial charge on any atom is -0.317 e. The summed E-state index contributed by atoms with van der Waals surface area (Å²) in [5, 5.41) is 10.6. The standard InChI is InChI=1S/C15H9F2N3O3S2/c1-19-14-10(17)6-8(16)7-11(14)25-15(19)18-12(21)4-2-9-3-5-13(24-9)20(22)23/h2-7H,1H3/b4-2-,18-15?. The first-order valence-electron chi connectivity index (χ1n) is 6.81. The number of rotatable bonds is 3. The van der Waals surface area contributed by atoms with Crippen molar-refractivity contribution in [2.75, 3.05) is 0 Å². The maximum Gasteiger partial charge on any atom is 0.324 e. The van der Waals surface area contributed by atoms with Crippen molar-refractivity contribution < 1.29 is 18.5 Å². The molecule has 3 aromatic rings. The Kier molecular flexibility index (Phi) is 4.55. The van der Waals surface area contributed by atoms with Crippen LogP contribution in [0.3, 0.4) is 0 Å². The van der Waals surface area contributed by atoms with Gasteiger partial charge in [-0.25, -0.2) is 8.78 Å². The van der Waals surface area contributed by atoms with Gasteiger partial charge in [-0.15, -0.1) is 0 Å². The van der Waals surface area contributed by atoms with Crippen molar-refractivity contribution in [3.05, 3.63) is 61.8 Å². The van der Waals surface area contributed by atoms with E-state index in [0.717, 1.165) is 34.8 Å². The summed E-state index contributed by atoms with van der Waals surface area (Å²) < 4.78 is 28.8. The molecule has 0 saturated heterocycles. The highest BCUT2D eigenvalue weighted by Crippen LogP contribution is 2.25. The zero-order chi connectivity index (χ0) is 18.1. The Hall–Kier alpha value is -2.72. The lowest BCUT2D eigenvalue weighted by Gasteiger charge is -1.97. The number of nitro groups is 1. The summed E-state index contributed by atoms with van der Waals surface area (Å²) >= 11 is 1.91. The largest absolute Gasteiger partial charge is 0.324 e. The van der Waals surface area contributed by atoms with E-state index < -0.39 is 22.5 Å².